The molecule has 3 rings (SSSR count). The number of amides is 2. The Bertz CT molecular complexity index is 996. The largest absolute Gasteiger partial charge is 0.325 e. The van der Waals surface area contributed by atoms with E-state index in [4.69, 9.17) is 11.6 Å². The molecule has 1 unspecified atom stereocenters. The molecule has 2 aromatic carbocycles. The minimum atomic E-state index is -0.556. The molecule has 0 spiro atoms. The van der Waals surface area contributed by atoms with Crippen molar-refractivity contribution in [1.29, 1.82) is 0 Å². The molecule has 2 N–H and O–H groups in total. The van der Waals surface area contributed by atoms with Crippen molar-refractivity contribution in [2.45, 2.75) is 13.0 Å². The third-order valence-corrected chi connectivity index (χ3v) is 5.56. The lowest BCUT2D eigenvalue weighted by Gasteiger charge is -2.37. The van der Waals surface area contributed by atoms with Crippen molar-refractivity contribution in [3.05, 3.63) is 63.4 Å². The maximum Gasteiger partial charge on any atom is 0.271 e. The lowest BCUT2D eigenvalue weighted by Crippen LogP contribution is -2.53. The van der Waals surface area contributed by atoms with Gasteiger partial charge in [0, 0.05) is 44.0 Å². The molecule has 2 amide bonds. The quantitative estimate of drug-likeness (QED) is 0.483. The van der Waals surface area contributed by atoms with Crippen LogP contribution in [0.3, 0.4) is 0 Å². The third-order valence-electron chi connectivity index (χ3n) is 5.25. The van der Waals surface area contributed by atoms with Gasteiger partial charge in [0.2, 0.25) is 11.8 Å². The summed E-state index contributed by atoms with van der Waals surface area (Å²) >= 11 is 6.05. The Kier molecular flexibility index (Phi) is 7.73. The van der Waals surface area contributed by atoms with Crippen molar-refractivity contribution in [2.24, 2.45) is 0 Å². The first kappa shape index (κ1) is 23.6. The van der Waals surface area contributed by atoms with Crippen molar-refractivity contribution in [3.8, 4) is 0 Å². The molecule has 0 bridgehead atoms. The number of benzene rings is 2. The number of rotatable bonds is 7. The summed E-state index contributed by atoms with van der Waals surface area (Å²) in [5, 5.41) is 16.3. The van der Waals surface area contributed by atoms with Gasteiger partial charge in [-0.2, -0.15) is 0 Å². The monoisotopic (exact) mass is 463 g/mol. The average Bonchev–Trinajstić information content (AvgIpc) is 2.76. The second kappa shape index (κ2) is 10.5. The number of nitrogens with zero attached hydrogens (tertiary/aromatic N) is 3. The lowest BCUT2D eigenvalue weighted by molar-refractivity contribution is -0.384. The van der Waals surface area contributed by atoms with E-state index < -0.39 is 11.0 Å². The van der Waals surface area contributed by atoms with E-state index in [9.17, 15) is 24.1 Å². The molecule has 0 saturated carbocycles. The molecule has 0 aliphatic carbocycles. The number of anilines is 2. The number of nitro benzene ring substituents is 1. The van der Waals surface area contributed by atoms with Crippen LogP contribution in [0.4, 0.5) is 21.5 Å². The van der Waals surface area contributed by atoms with E-state index >= 15 is 0 Å². The molecular weight excluding hydrogens is 441 g/mol. The Morgan fingerprint density at radius 2 is 1.78 bits per heavy atom. The molecule has 2 aromatic rings. The second-order valence-electron chi connectivity index (χ2n) is 7.45. The van der Waals surface area contributed by atoms with Gasteiger partial charge in [0.1, 0.15) is 5.82 Å². The Hall–Kier alpha value is -3.08. The third kappa shape index (κ3) is 6.22. The number of hydrogen-bond donors (Lipinski definition) is 2. The summed E-state index contributed by atoms with van der Waals surface area (Å²) in [6.45, 7) is 4.36. The van der Waals surface area contributed by atoms with Crippen molar-refractivity contribution in [3.63, 3.8) is 0 Å². The summed E-state index contributed by atoms with van der Waals surface area (Å²) in [5.74, 6) is -0.833. The van der Waals surface area contributed by atoms with Crippen molar-refractivity contribution in [2.75, 3.05) is 43.4 Å². The molecule has 0 radical (unpaired) electrons. The van der Waals surface area contributed by atoms with E-state index in [2.05, 4.69) is 10.6 Å². The van der Waals surface area contributed by atoms with Gasteiger partial charge in [0.05, 0.1) is 28.2 Å². The number of halogens is 2. The van der Waals surface area contributed by atoms with Crippen LogP contribution in [0, 0.1) is 15.9 Å². The molecule has 1 atom stereocenters. The molecule has 1 saturated heterocycles. The number of hydrogen-bond acceptors (Lipinski definition) is 6. The van der Waals surface area contributed by atoms with Crippen LogP contribution in [0.25, 0.3) is 0 Å². The highest BCUT2D eigenvalue weighted by atomic mass is 35.5. The zero-order valence-electron chi connectivity index (χ0n) is 17.4. The highest BCUT2D eigenvalue weighted by Gasteiger charge is 2.27. The predicted octanol–water partition coefficient (Wildman–Crippen LogP) is 2.97. The van der Waals surface area contributed by atoms with Gasteiger partial charge in [-0.25, -0.2) is 4.39 Å². The number of carbonyl (C=O) groups is 2. The van der Waals surface area contributed by atoms with Crippen LogP contribution < -0.4 is 10.6 Å². The van der Waals surface area contributed by atoms with E-state index in [1.807, 2.05) is 9.80 Å². The first-order valence-electron chi connectivity index (χ1n) is 9.99. The summed E-state index contributed by atoms with van der Waals surface area (Å²) in [4.78, 5) is 39.1. The smallest absolute Gasteiger partial charge is 0.271 e. The van der Waals surface area contributed by atoms with E-state index in [0.29, 0.717) is 37.6 Å². The molecular formula is C21H23ClFN5O4. The molecule has 170 valence electrons. The molecule has 32 heavy (non-hydrogen) atoms. The SMILES string of the molecule is CC(C(=O)Nc1ccc([N+](=O)[O-])cc1Cl)N1CCN(CC(=O)Nc2ccc(F)cc2)CC1. The molecule has 1 aliphatic rings. The lowest BCUT2D eigenvalue weighted by atomic mass is 10.2. The summed E-state index contributed by atoms with van der Waals surface area (Å²) in [5.41, 5.74) is 0.691. The second-order valence-corrected chi connectivity index (χ2v) is 7.86. The van der Waals surface area contributed by atoms with Crippen molar-refractivity contribution >= 4 is 40.5 Å². The van der Waals surface area contributed by atoms with Crippen LogP contribution in [-0.4, -0.2) is 65.3 Å². The minimum absolute atomic E-state index is 0.0942. The van der Waals surface area contributed by atoms with Crippen LogP contribution in [0.2, 0.25) is 5.02 Å². The maximum atomic E-state index is 13.0. The predicted molar refractivity (Wildman–Crippen MR) is 119 cm³/mol. The van der Waals surface area contributed by atoms with Crippen LogP contribution in [-0.2, 0) is 9.59 Å². The van der Waals surface area contributed by atoms with E-state index in [-0.39, 0.29) is 34.9 Å². The summed E-state index contributed by atoms with van der Waals surface area (Å²) in [7, 11) is 0. The highest BCUT2D eigenvalue weighted by Crippen LogP contribution is 2.27. The summed E-state index contributed by atoms with van der Waals surface area (Å²) in [6, 6.07) is 9.00. The zero-order valence-corrected chi connectivity index (χ0v) is 18.1. The van der Waals surface area contributed by atoms with Crippen LogP contribution in [0.15, 0.2) is 42.5 Å². The van der Waals surface area contributed by atoms with Crippen LogP contribution in [0.1, 0.15) is 6.92 Å². The normalized spacial score (nSPS) is 15.7. The van der Waals surface area contributed by atoms with Crippen LogP contribution in [0.5, 0.6) is 0 Å². The molecule has 1 heterocycles. The summed E-state index contributed by atoms with van der Waals surface area (Å²) in [6.07, 6.45) is 0. The van der Waals surface area contributed by atoms with Gasteiger partial charge < -0.3 is 10.6 Å². The Balaban J connectivity index is 1.46. The van der Waals surface area contributed by atoms with Crippen molar-refractivity contribution in [1.82, 2.24) is 9.80 Å². The van der Waals surface area contributed by atoms with Gasteiger partial charge in [-0.3, -0.25) is 29.5 Å². The molecule has 11 heteroatoms. The number of nitrogens with one attached hydrogen (secondary N) is 2. The standard InChI is InChI=1S/C21H23ClFN5O4/c1-14(21(30)25-19-7-6-17(28(31)32)12-18(19)22)27-10-8-26(9-11-27)13-20(29)24-16-4-2-15(23)3-5-16/h2-7,12,14H,8-11,13H2,1H3,(H,24,29)(H,25,30). The van der Waals surface area contributed by atoms with Gasteiger partial charge in [0.25, 0.3) is 5.69 Å². The van der Waals surface area contributed by atoms with E-state index in [1.54, 1.807) is 6.92 Å². The molecule has 9 nitrogen and oxygen atoms in total. The molecule has 1 aliphatic heterocycles. The van der Waals surface area contributed by atoms with E-state index in [1.165, 1.54) is 42.5 Å². The van der Waals surface area contributed by atoms with Gasteiger partial charge in [-0.1, -0.05) is 11.6 Å². The maximum absolute atomic E-state index is 13.0. The summed E-state index contributed by atoms with van der Waals surface area (Å²) < 4.78 is 13.0. The topological polar surface area (TPSA) is 108 Å². The number of carbonyl (C=O) groups excluding carboxylic acids is 2. The van der Waals surface area contributed by atoms with Crippen molar-refractivity contribution < 1.29 is 18.9 Å². The average molecular weight is 464 g/mol. The van der Waals surface area contributed by atoms with Crippen LogP contribution >= 0.6 is 11.6 Å². The minimum Gasteiger partial charge on any atom is -0.325 e. The van der Waals surface area contributed by atoms with Gasteiger partial charge in [-0.15, -0.1) is 0 Å². The Morgan fingerprint density at radius 1 is 1.12 bits per heavy atom. The number of non-ortho nitro benzene ring substituents is 1. The zero-order chi connectivity index (χ0) is 23.3. The first-order chi connectivity index (χ1) is 15.2. The highest BCUT2D eigenvalue weighted by molar-refractivity contribution is 6.34. The van der Waals surface area contributed by atoms with E-state index in [0.717, 1.165) is 0 Å². The van der Waals surface area contributed by atoms with Gasteiger partial charge in [-0.05, 0) is 37.3 Å². The fraction of sp³-hybridized carbons (Fsp3) is 0.333. The first-order valence-corrected chi connectivity index (χ1v) is 10.4. The van der Waals surface area contributed by atoms with Gasteiger partial charge in [0.15, 0.2) is 0 Å². The molecule has 0 aromatic heterocycles. The van der Waals surface area contributed by atoms with Gasteiger partial charge >= 0.3 is 0 Å². The number of piperazine rings is 1. The Morgan fingerprint density at radius 3 is 2.38 bits per heavy atom. The fourth-order valence-corrected chi connectivity index (χ4v) is 3.59. The molecule has 1 fully saturated rings. The number of nitro groups is 1. The fourth-order valence-electron chi connectivity index (χ4n) is 3.37. The Labute approximate surface area is 189 Å².